The standard InChI is InChI=1S/C24H22N4O3/c29-23(22-2-1-13-31-22)27-11-8-18(9-12-27)17-3-5-21(6-4-17)26-24(30)28-15-19-7-10-25-14-20(19)16-28/h1-8,10,13-14H,9,11-12,15-16H2,(H,26,30). The molecule has 1 aromatic carbocycles. The second-order valence-electron chi connectivity index (χ2n) is 7.72. The van der Waals surface area contributed by atoms with E-state index in [1.165, 1.54) is 11.8 Å². The Morgan fingerprint density at radius 2 is 1.84 bits per heavy atom. The summed E-state index contributed by atoms with van der Waals surface area (Å²) in [6, 6.07) is 13.1. The predicted octanol–water partition coefficient (Wildman–Crippen LogP) is 4.15. The van der Waals surface area contributed by atoms with E-state index < -0.39 is 0 Å². The Labute approximate surface area is 180 Å². The lowest BCUT2D eigenvalue weighted by molar-refractivity contribution is 0.0741. The molecule has 156 valence electrons. The molecule has 2 aromatic heterocycles. The van der Waals surface area contributed by atoms with Crippen LogP contribution < -0.4 is 5.32 Å². The van der Waals surface area contributed by atoms with E-state index in [4.69, 9.17) is 4.42 Å². The number of urea groups is 1. The first-order chi connectivity index (χ1) is 15.2. The van der Waals surface area contributed by atoms with Gasteiger partial charge in [-0.1, -0.05) is 18.2 Å². The van der Waals surface area contributed by atoms with E-state index >= 15 is 0 Å². The summed E-state index contributed by atoms with van der Waals surface area (Å²) in [5.74, 6) is 0.285. The predicted molar refractivity (Wildman–Crippen MR) is 116 cm³/mol. The van der Waals surface area contributed by atoms with Crippen molar-refractivity contribution in [3.63, 3.8) is 0 Å². The van der Waals surface area contributed by atoms with Gasteiger partial charge in [-0.3, -0.25) is 9.78 Å². The van der Waals surface area contributed by atoms with Crippen LogP contribution >= 0.6 is 0 Å². The van der Waals surface area contributed by atoms with Gasteiger partial charge in [0.15, 0.2) is 5.76 Å². The molecule has 2 aliphatic heterocycles. The minimum absolute atomic E-state index is 0.0850. The largest absolute Gasteiger partial charge is 0.459 e. The zero-order valence-corrected chi connectivity index (χ0v) is 17.0. The quantitative estimate of drug-likeness (QED) is 0.698. The average Bonchev–Trinajstić information content (AvgIpc) is 3.49. The third-order valence-electron chi connectivity index (χ3n) is 5.75. The van der Waals surface area contributed by atoms with E-state index in [0.29, 0.717) is 31.9 Å². The number of carbonyl (C=O) groups is 2. The number of anilines is 1. The van der Waals surface area contributed by atoms with Crippen LogP contribution in [0.5, 0.6) is 0 Å². The summed E-state index contributed by atoms with van der Waals surface area (Å²) < 4.78 is 5.21. The van der Waals surface area contributed by atoms with E-state index in [1.807, 2.05) is 36.5 Å². The zero-order chi connectivity index (χ0) is 21.2. The molecule has 3 amide bonds. The number of benzene rings is 1. The van der Waals surface area contributed by atoms with Crippen LogP contribution in [-0.4, -0.2) is 39.8 Å². The van der Waals surface area contributed by atoms with Gasteiger partial charge in [-0.25, -0.2) is 4.79 Å². The summed E-state index contributed by atoms with van der Waals surface area (Å²) in [5, 5.41) is 2.97. The highest BCUT2D eigenvalue weighted by molar-refractivity contribution is 5.92. The van der Waals surface area contributed by atoms with E-state index in [1.54, 1.807) is 28.1 Å². The van der Waals surface area contributed by atoms with Gasteiger partial charge in [0.05, 0.1) is 6.26 Å². The molecule has 0 saturated carbocycles. The van der Waals surface area contributed by atoms with E-state index in [9.17, 15) is 9.59 Å². The monoisotopic (exact) mass is 414 g/mol. The fourth-order valence-electron chi connectivity index (χ4n) is 4.01. The minimum atomic E-state index is -0.118. The summed E-state index contributed by atoms with van der Waals surface area (Å²) >= 11 is 0. The fraction of sp³-hybridized carbons (Fsp3) is 0.208. The lowest BCUT2D eigenvalue weighted by atomic mass is 9.99. The topological polar surface area (TPSA) is 78.7 Å². The number of aromatic nitrogens is 1. The number of hydrogen-bond donors (Lipinski definition) is 1. The Balaban J connectivity index is 1.19. The summed E-state index contributed by atoms with van der Waals surface area (Å²) in [7, 11) is 0. The number of furan rings is 1. The fourth-order valence-corrected chi connectivity index (χ4v) is 4.01. The highest BCUT2D eigenvalue weighted by Gasteiger charge is 2.24. The number of fused-ring (bicyclic) bond motifs is 1. The van der Waals surface area contributed by atoms with Gasteiger partial charge in [0.1, 0.15) is 0 Å². The number of rotatable bonds is 3. The molecule has 0 spiro atoms. The van der Waals surface area contributed by atoms with Gasteiger partial charge in [-0.2, -0.15) is 0 Å². The number of nitrogens with zero attached hydrogens (tertiary/aromatic N) is 3. The maximum atomic E-state index is 12.6. The van der Waals surface area contributed by atoms with E-state index in [-0.39, 0.29) is 11.9 Å². The van der Waals surface area contributed by atoms with Crippen molar-refractivity contribution in [1.29, 1.82) is 0 Å². The Morgan fingerprint density at radius 1 is 1.00 bits per heavy atom. The van der Waals surface area contributed by atoms with Gasteiger partial charge in [0, 0.05) is 44.3 Å². The lowest BCUT2D eigenvalue weighted by Gasteiger charge is -2.26. The van der Waals surface area contributed by atoms with E-state index in [2.05, 4.69) is 16.4 Å². The van der Waals surface area contributed by atoms with Crippen molar-refractivity contribution in [3.05, 3.63) is 89.6 Å². The molecular weight excluding hydrogens is 392 g/mol. The lowest BCUT2D eigenvalue weighted by Crippen LogP contribution is -2.34. The maximum Gasteiger partial charge on any atom is 0.322 e. The molecule has 4 heterocycles. The molecule has 5 rings (SSSR count). The van der Waals surface area contributed by atoms with Crippen molar-refractivity contribution in [2.45, 2.75) is 19.5 Å². The Morgan fingerprint density at radius 3 is 2.55 bits per heavy atom. The Bertz CT molecular complexity index is 1110. The highest BCUT2D eigenvalue weighted by atomic mass is 16.3. The smallest absolute Gasteiger partial charge is 0.322 e. The van der Waals surface area contributed by atoms with Crippen molar-refractivity contribution in [1.82, 2.24) is 14.8 Å². The SMILES string of the molecule is O=C(Nc1ccc(C2=CCN(C(=O)c3ccco3)CC2)cc1)N1Cc2ccncc2C1. The van der Waals surface area contributed by atoms with Gasteiger partial charge >= 0.3 is 6.03 Å². The number of nitrogens with one attached hydrogen (secondary N) is 1. The molecule has 31 heavy (non-hydrogen) atoms. The van der Waals surface area contributed by atoms with Gasteiger partial charge in [0.2, 0.25) is 0 Å². The molecule has 0 unspecified atom stereocenters. The second-order valence-corrected chi connectivity index (χ2v) is 7.72. The van der Waals surface area contributed by atoms with Crippen LogP contribution in [-0.2, 0) is 13.1 Å². The third-order valence-corrected chi connectivity index (χ3v) is 5.75. The molecule has 0 radical (unpaired) electrons. The second kappa shape index (κ2) is 8.10. The average molecular weight is 414 g/mol. The van der Waals surface area contributed by atoms with Crippen molar-refractivity contribution in [2.75, 3.05) is 18.4 Å². The highest BCUT2D eigenvalue weighted by Crippen LogP contribution is 2.26. The van der Waals surface area contributed by atoms with Crippen LogP contribution in [0.25, 0.3) is 5.57 Å². The minimum Gasteiger partial charge on any atom is -0.459 e. The summed E-state index contributed by atoms with van der Waals surface area (Å²) in [4.78, 5) is 32.7. The number of hydrogen-bond acceptors (Lipinski definition) is 4. The molecule has 7 heteroatoms. The normalized spacial score (nSPS) is 15.4. The first kappa shape index (κ1) is 19.1. The first-order valence-corrected chi connectivity index (χ1v) is 10.3. The molecule has 0 fully saturated rings. The van der Waals surface area contributed by atoms with Crippen molar-refractivity contribution >= 4 is 23.2 Å². The van der Waals surface area contributed by atoms with Crippen LogP contribution in [0.1, 0.15) is 33.7 Å². The molecule has 0 atom stereocenters. The van der Waals surface area contributed by atoms with Crippen LogP contribution in [0, 0.1) is 0 Å². The zero-order valence-electron chi connectivity index (χ0n) is 17.0. The Hall–Kier alpha value is -3.87. The van der Waals surface area contributed by atoms with Gasteiger partial charge in [-0.05, 0) is 59.0 Å². The van der Waals surface area contributed by atoms with Crippen molar-refractivity contribution in [3.8, 4) is 0 Å². The molecule has 2 aliphatic rings. The number of carbonyl (C=O) groups excluding carboxylic acids is 2. The van der Waals surface area contributed by atoms with Crippen LogP contribution in [0.15, 0.2) is 71.6 Å². The maximum absolute atomic E-state index is 12.6. The summed E-state index contributed by atoms with van der Waals surface area (Å²) in [6.07, 6.45) is 7.94. The van der Waals surface area contributed by atoms with Crippen molar-refractivity contribution < 1.29 is 14.0 Å². The van der Waals surface area contributed by atoms with Crippen LogP contribution in [0.3, 0.4) is 0 Å². The van der Waals surface area contributed by atoms with Crippen molar-refractivity contribution in [2.24, 2.45) is 0 Å². The molecule has 0 aliphatic carbocycles. The van der Waals surface area contributed by atoms with Gasteiger partial charge < -0.3 is 19.5 Å². The molecular formula is C24H22N4O3. The van der Waals surface area contributed by atoms with Crippen LogP contribution in [0.2, 0.25) is 0 Å². The Kier molecular flexibility index (Phi) is 5.00. The summed E-state index contributed by atoms with van der Waals surface area (Å²) in [5.41, 5.74) is 5.29. The molecule has 0 bridgehead atoms. The molecule has 7 nitrogen and oxygen atoms in total. The number of amides is 3. The molecule has 3 aromatic rings. The molecule has 0 saturated heterocycles. The third kappa shape index (κ3) is 3.94. The first-order valence-electron chi connectivity index (χ1n) is 10.3. The van der Waals surface area contributed by atoms with E-state index in [0.717, 1.165) is 28.8 Å². The number of pyridine rings is 1. The molecule has 1 N–H and O–H groups in total. The van der Waals surface area contributed by atoms with Gasteiger partial charge in [-0.15, -0.1) is 0 Å². The van der Waals surface area contributed by atoms with Gasteiger partial charge in [0.25, 0.3) is 5.91 Å². The summed E-state index contributed by atoms with van der Waals surface area (Å²) in [6.45, 7) is 2.38. The van der Waals surface area contributed by atoms with Crippen LogP contribution in [0.4, 0.5) is 10.5 Å².